The van der Waals surface area contributed by atoms with Crippen LogP contribution in [0.25, 0.3) is 11.1 Å². The topological polar surface area (TPSA) is 76.1 Å². The van der Waals surface area contributed by atoms with Gasteiger partial charge in [-0.1, -0.05) is 48.5 Å². The number of carbonyl (C=O) groups is 2. The molecule has 4 rings (SSSR count). The van der Waals surface area contributed by atoms with Gasteiger partial charge in [0.25, 0.3) is 0 Å². The number of aromatic carboxylic acids is 1. The zero-order chi connectivity index (χ0) is 21.8. The molecule has 31 heavy (non-hydrogen) atoms. The Morgan fingerprint density at radius 1 is 0.903 bits per heavy atom. The van der Waals surface area contributed by atoms with Gasteiger partial charge in [0, 0.05) is 18.7 Å². The predicted octanol–water partition coefficient (Wildman–Crippen LogP) is 4.79. The second kappa shape index (κ2) is 9.02. The van der Waals surface area contributed by atoms with E-state index in [-0.39, 0.29) is 18.1 Å². The van der Waals surface area contributed by atoms with Gasteiger partial charge in [0.1, 0.15) is 6.61 Å². The van der Waals surface area contributed by atoms with E-state index in [0.717, 1.165) is 11.1 Å². The van der Waals surface area contributed by atoms with Gasteiger partial charge in [-0.2, -0.15) is 0 Å². The van der Waals surface area contributed by atoms with Crippen LogP contribution in [0, 0.1) is 0 Å². The van der Waals surface area contributed by atoms with Crippen LogP contribution in [0.15, 0.2) is 72.8 Å². The Morgan fingerprint density at radius 2 is 1.48 bits per heavy atom. The Bertz CT molecular complexity index is 1050. The lowest BCUT2D eigenvalue weighted by molar-refractivity contribution is 0.0697. The van der Waals surface area contributed by atoms with Gasteiger partial charge in [-0.05, 0) is 46.5 Å². The molecule has 1 aliphatic carbocycles. The van der Waals surface area contributed by atoms with Crippen LogP contribution in [0.5, 0.6) is 0 Å². The first kappa shape index (κ1) is 20.6. The lowest BCUT2D eigenvalue weighted by Crippen LogP contribution is -2.35. The molecule has 3 aromatic carbocycles. The zero-order valence-corrected chi connectivity index (χ0v) is 17.2. The molecule has 3 aromatic rings. The third-order valence-electron chi connectivity index (χ3n) is 5.50. The molecule has 0 fully saturated rings. The molecule has 1 aliphatic rings. The van der Waals surface area contributed by atoms with Crippen LogP contribution in [0.1, 0.15) is 27.4 Å². The Balaban J connectivity index is 1.53. The fourth-order valence-corrected chi connectivity index (χ4v) is 3.96. The van der Waals surface area contributed by atoms with Crippen molar-refractivity contribution in [2.24, 2.45) is 0 Å². The minimum atomic E-state index is -1.02. The summed E-state index contributed by atoms with van der Waals surface area (Å²) in [6.45, 7) is 0.827. The minimum Gasteiger partial charge on any atom is -0.478 e. The van der Waals surface area contributed by atoms with Crippen LogP contribution < -0.4 is 4.90 Å². The molecule has 0 radical (unpaired) electrons. The van der Waals surface area contributed by atoms with Crippen LogP contribution in [-0.2, 0) is 9.47 Å². The maximum atomic E-state index is 13.0. The number of ether oxygens (including phenoxy) is 2. The van der Waals surface area contributed by atoms with E-state index in [1.165, 1.54) is 28.2 Å². The number of fused-ring (bicyclic) bond motifs is 3. The average molecular weight is 417 g/mol. The molecule has 1 amide bonds. The van der Waals surface area contributed by atoms with E-state index in [4.69, 9.17) is 14.6 Å². The summed E-state index contributed by atoms with van der Waals surface area (Å²) >= 11 is 0. The molecule has 0 heterocycles. The highest BCUT2D eigenvalue weighted by molar-refractivity contribution is 5.91. The first-order valence-electron chi connectivity index (χ1n) is 10.0. The van der Waals surface area contributed by atoms with Crippen molar-refractivity contribution in [1.29, 1.82) is 0 Å². The van der Waals surface area contributed by atoms with E-state index < -0.39 is 12.1 Å². The summed E-state index contributed by atoms with van der Waals surface area (Å²) < 4.78 is 10.9. The van der Waals surface area contributed by atoms with Crippen molar-refractivity contribution >= 4 is 17.7 Å². The van der Waals surface area contributed by atoms with Crippen LogP contribution in [0.3, 0.4) is 0 Å². The smallest absolute Gasteiger partial charge is 0.414 e. The van der Waals surface area contributed by atoms with E-state index in [9.17, 15) is 9.59 Å². The number of nitrogens with zero attached hydrogens (tertiary/aromatic N) is 1. The van der Waals surface area contributed by atoms with E-state index in [0.29, 0.717) is 18.8 Å². The van der Waals surface area contributed by atoms with Gasteiger partial charge in [-0.3, -0.25) is 4.90 Å². The third-order valence-corrected chi connectivity index (χ3v) is 5.50. The van der Waals surface area contributed by atoms with Crippen molar-refractivity contribution in [3.8, 4) is 11.1 Å². The van der Waals surface area contributed by atoms with Crippen LogP contribution in [0.2, 0.25) is 0 Å². The highest BCUT2D eigenvalue weighted by Gasteiger charge is 2.30. The fraction of sp³-hybridized carbons (Fsp3) is 0.200. The summed E-state index contributed by atoms with van der Waals surface area (Å²) in [7, 11) is 1.56. The minimum absolute atomic E-state index is 0.0324. The molecule has 0 saturated heterocycles. The van der Waals surface area contributed by atoms with E-state index in [2.05, 4.69) is 24.3 Å². The highest BCUT2D eigenvalue weighted by Crippen LogP contribution is 2.44. The maximum absolute atomic E-state index is 13.0. The summed E-state index contributed by atoms with van der Waals surface area (Å²) in [5.74, 6) is -1.05. The van der Waals surface area contributed by atoms with E-state index in [1.807, 2.05) is 24.3 Å². The Labute approximate surface area is 180 Å². The molecular weight excluding hydrogens is 394 g/mol. The number of rotatable bonds is 7. The molecule has 0 aliphatic heterocycles. The molecule has 0 spiro atoms. The predicted molar refractivity (Wildman–Crippen MR) is 118 cm³/mol. The second-order valence-corrected chi connectivity index (χ2v) is 7.30. The summed E-state index contributed by atoms with van der Waals surface area (Å²) in [6, 6.07) is 22.5. The number of benzene rings is 3. The lowest BCUT2D eigenvalue weighted by atomic mass is 9.98. The van der Waals surface area contributed by atoms with Crippen LogP contribution >= 0.6 is 0 Å². The Hall–Kier alpha value is -3.64. The van der Waals surface area contributed by atoms with E-state index >= 15 is 0 Å². The number of hydrogen-bond acceptors (Lipinski definition) is 4. The number of anilines is 1. The van der Waals surface area contributed by atoms with Gasteiger partial charge in [0.2, 0.25) is 0 Å². The van der Waals surface area contributed by atoms with Crippen LogP contribution in [0.4, 0.5) is 10.5 Å². The molecule has 6 nitrogen and oxygen atoms in total. The number of hydrogen-bond donors (Lipinski definition) is 1. The van der Waals surface area contributed by atoms with Gasteiger partial charge in [-0.25, -0.2) is 9.59 Å². The monoisotopic (exact) mass is 417 g/mol. The summed E-state index contributed by atoms with van der Waals surface area (Å²) in [5, 5.41) is 9.11. The molecular formula is C25H23NO5. The molecule has 0 bridgehead atoms. The average Bonchev–Trinajstić information content (AvgIpc) is 3.12. The fourth-order valence-electron chi connectivity index (χ4n) is 3.96. The zero-order valence-electron chi connectivity index (χ0n) is 17.2. The van der Waals surface area contributed by atoms with Crippen molar-refractivity contribution in [3.63, 3.8) is 0 Å². The first-order chi connectivity index (χ1) is 15.1. The van der Waals surface area contributed by atoms with Crippen molar-refractivity contribution < 1.29 is 24.2 Å². The van der Waals surface area contributed by atoms with Gasteiger partial charge in [0.15, 0.2) is 0 Å². The quantitative estimate of drug-likeness (QED) is 0.598. The summed E-state index contributed by atoms with van der Waals surface area (Å²) in [5.41, 5.74) is 5.33. The first-order valence-corrected chi connectivity index (χ1v) is 10.0. The van der Waals surface area contributed by atoms with Crippen molar-refractivity contribution in [2.75, 3.05) is 31.8 Å². The molecule has 0 unspecified atom stereocenters. The molecule has 0 saturated carbocycles. The van der Waals surface area contributed by atoms with Gasteiger partial charge in [-0.15, -0.1) is 0 Å². The van der Waals surface area contributed by atoms with Crippen molar-refractivity contribution in [2.45, 2.75) is 5.92 Å². The van der Waals surface area contributed by atoms with Crippen molar-refractivity contribution in [1.82, 2.24) is 0 Å². The molecule has 0 aromatic heterocycles. The number of amides is 1. The molecule has 6 heteroatoms. The van der Waals surface area contributed by atoms with Crippen LogP contribution in [-0.4, -0.2) is 44.0 Å². The van der Waals surface area contributed by atoms with Gasteiger partial charge >= 0.3 is 12.1 Å². The Morgan fingerprint density at radius 3 is 2.03 bits per heavy atom. The Kier molecular flexibility index (Phi) is 6.00. The number of carboxylic acid groups (broad SMARTS) is 1. The lowest BCUT2D eigenvalue weighted by Gasteiger charge is -2.23. The highest BCUT2D eigenvalue weighted by atomic mass is 16.6. The standard InChI is InChI=1S/C25H23NO5/c1-30-15-14-26(18-12-10-17(11-13-18)24(27)28)25(29)31-16-23-21-8-4-2-6-19(21)20-7-3-5-9-22(20)23/h2-13,23H,14-16H2,1H3,(H,27,28). The molecule has 1 N–H and O–H groups in total. The van der Waals surface area contributed by atoms with Gasteiger partial charge < -0.3 is 14.6 Å². The molecule has 0 atom stereocenters. The summed E-state index contributed by atoms with van der Waals surface area (Å²) in [6.07, 6.45) is -0.498. The third kappa shape index (κ3) is 4.15. The summed E-state index contributed by atoms with van der Waals surface area (Å²) in [4.78, 5) is 25.6. The maximum Gasteiger partial charge on any atom is 0.414 e. The van der Waals surface area contributed by atoms with E-state index in [1.54, 1.807) is 19.2 Å². The second-order valence-electron chi connectivity index (χ2n) is 7.30. The van der Waals surface area contributed by atoms with Crippen molar-refractivity contribution in [3.05, 3.63) is 89.5 Å². The number of methoxy groups -OCH3 is 1. The molecule has 158 valence electrons. The number of carbonyl (C=O) groups excluding carboxylic acids is 1. The SMILES string of the molecule is COCCN(C(=O)OCC1c2ccccc2-c2ccccc21)c1ccc(C(=O)O)cc1. The largest absolute Gasteiger partial charge is 0.478 e. The number of carboxylic acids is 1. The van der Waals surface area contributed by atoms with Gasteiger partial charge in [0.05, 0.1) is 18.7 Å². The normalized spacial score (nSPS) is 12.2.